The van der Waals surface area contributed by atoms with Gasteiger partial charge in [0, 0.05) is 18.7 Å². The first kappa shape index (κ1) is 18.3. The third-order valence-electron chi connectivity index (χ3n) is 5.00. The van der Waals surface area contributed by atoms with E-state index < -0.39 is 18.2 Å². The summed E-state index contributed by atoms with van der Waals surface area (Å²) in [7, 11) is 0. The predicted molar refractivity (Wildman–Crippen MR) is 102 cm³/mol. The van der Waals surface area contributed by atoms with Gasteiger partial charge in [-0.1, -0.05) is 42.5 Å². The van der Waals surface area contributed by atoms with Crippen molar-refractivity contribution < 1.29 is 23.8 Å². The molecule has 2 aromatic carbocycles. The van der Waals surface area contributed by atoms with E-state index in [1.54, 1.807) is 29.2 Å². The molecule has 0 aliphatic carbocycles. The molecule has 0 N–H and O–H groups in total. The number of hydrogen-bond acceptors (Lipinski definition) is 5. The number of para-hydroxylation sites is 2. The van der Waals surface area contributed by atoms with Gasteiger partial charge in [0.1, 0.15) is 6.61 Å². The standard InChI is InChI=1S/C22H23NO5/c24-21(23-13-7-2-8-14-23)20(16-9-3-1-4-10-16)28-22(25)19-15-26-17-11-5-6-12-18(17)27-19/h1,3-6,9-12,19-20H,2,7-8,13-15H2/t19-,20-/m0/s1. The molecule has 28 heavy (non-hydrogen) atoms. The van der Waals surface area contributed by atoms with Gasteiger partial charge in [0.2, 0.25) is 12.2 Å². The average Bonchev–Trinajstić information content (AvgIpc) is 2.77. The van der Waals surface area contributed by atoms with Crippen molar-refractivity contribution in [1.82, 2.24) is 4.90 Å². The number of benzene rings is 2. The van der Waals surface area contributed by atoms with Crippen molar-refractivity contribution in [3.05, 3.63) is 60.2 Å². The number of carbonyl (C=O) groups is 2. The second kappa shape index (κ2) is 8.33. The molecular weight excluding hydrogens is 358 g/mol. The van der Waals surface area contributed by atoms with E-state index in [1.807, 2.05) is 30.3 Å². The number of esters is 1. The molecule has 6 heteroatoms. The Labute approximate surface area is 164 Å². The minimum atomic E-state index is -0.979. The van der Waals surface area contributed by atoms with Crippen LogP contribution in [0.2, 0.25) is 0 Å². The maximum absolute atomic E-state index is 13.1. The zero-order chi connectivity index (χ0) is 19.3. The summed E-state index contributed by atoms with van der Waals surface area (Å²) in [6, 6.07) is 16.3. The van der Waals surface area contributed by atoms with Gasteiger partial charge < -0.3 is 19.1 Å². The molecule has 0 unspecified atom stereocenters. The van der Waals surface area contributed by atoms with Gasteiger partial charge >= 0.3 is 5.97 Å². The molecule has 0 spiro atoms. The monoisotopic (exact) mass is 381 g/mol. The quantitative estimate of drug-likeness (QED) is 0.762. The molecule has 1 saturated heterocycles. The highest BCUT2D eigenvalue weighted by molar-refractivity contribution is 5.86. The maximum Gasteiger partial charge on any atom is 0.352 e. The van der Waals surface area contributed by atoms with Crippen molar-refractivity contribution in [2.24, 2.45) is 0 Å². The lowest BCUT2D eigenvalue weighted by Gasteiger charge is -2.31. The van der Waals surface area contributed by atoms with E-state index in [9.17, 15) is 9.59 Å². The molecule has 4 rings (SSSR count). The fraction of sp³-hybridized carbons (Fsp3) is 0.364. The van der Waals surface area contributed by atoms with Gasteiger partial charge in [-0.2, -0.15) is 0 Å². The predicted octanol–water partition coefficient (Wildman–Crippen LogP) is 3.12. The lowest BCUT2D eigenvalue weighted by atomic mass is 10.1. The molecule has 2 aliphatic rings. The third kappa shape index (κ3) is 3.96. The number of amides is 1. The average molecular weight is 381 g/mol. The summed E-state index contributed by atoms with van der Waals surface area (Å²) < 4.78 is 17.0. The first-order valence-electron chi connectivity index (χ1n) is 9.65. The van der Waals surface area contributed by atoms with Crippen LogP contribution in [0.1, 0.15) is 30.9 Å². The van der Waals surface area contributed by atoms with Crippen LogP contribution in [0, 0.1) is 0 Å². The van der Waals surface area contributed by atoms with Crippen LogP contribution in [0.25, 0.3) is 0 Å². The summed E-state index contributed by atoms with van der Waals surface area (Å²) in [5.41, 5.74) is 0.656. The smallest absolute Gasteiger partial charge is 0.352 e. The molecule has 1 amide bonds. The van der Waals surface area contributed by atoms with E-state index in [1.165, 1.54) is 0 Å². The second-order valence-electron chi connectivity index (χ2n) is 6.98. The van der Waals surface area contributed by atoms with E-state index in [0.717, 1.165) is 19.3 Å². The van der Waals surface area contributed by atoms with Crippen molar-refractivity contribution in [1.29, 1.82) is 0 Å². The third-order valence-corrected chi connectivity index (χ3v) is 5.00. The summed E-state index contributed by atoms with van der Waals surface area (Å²) in [6.07, 6.45) is 1.17. The van der Waals surface area contributed by atoms with Gasteiger partial charge in [0.25, 0.3) is 5.91 Å². The van der Waals surface area contributed by atoms with E-state index in [0.29, 0.717) is 30.2 Å². The molecule has 0 radical (unpaired) electrons. The van der Waals surface area contributed by atoms with Gasteiger partial charge in [-0.15, -0.1) is 0 Å². The van der Waals surface area contributed by atoms with Gasteiger partial charge in [0.15, 0.2) is 11.5 Å². The van der Waals surface area contributed by atoms with Crippen LogP contribution in [-0.4, -0.2) is 42.6 Å². The van der Waals surface area contributed by atoms with Crippen molar-refractivity contribution >= 4 is 11.9 Å². The number of piperidine rings is 1. The van der Waals surface area contributed by atoms with Crippen molar-refractivity contribution in [3.63, 3.8) is 0 Å². The summed E-state index contributed by atoms with van der Waals surface area (Å²) in [5, 5.41) is 0. The Morgan fingerprint density at radius 1 is 0.929 bits per heavy atom. The highest BCUT2D eigenvalue weighted by Gasteiger charge is 2.35. The second-order valence-corrected chi connectivity index (χ2v) is 6.98. The summed E-state index contributed by atoms with van der Waals surface area (Å²) in [6.45, 7) is 1.43. The number of rotatable bonds is 4. The Bertz CT molecular complexity index is 832. The molecular formula is C22H23NO5. The summed E-state index contributed by atoms with van der Waals surface area (Å²) in [4.78, 5) is 27.7. The minimum Gasteiger partial charge on any atom is -0.485 e. The number of fused-ring (bicyclic) bond motifs is 1. The molecule has 146 valence electrons. The molecule has 0 saturated carbocycles. The van der Waals surface area contributed by atoms with Crippen LogP contribution in [-0.2, 0) is 14.3 Å². The summed E-state index contributed by atoms with van der Waals surface area (Å²) in [5.74, 6) is 0.301. The first-order chi connectivity index (χ1) is 13.7. The number of carbonyl (C=O) groups excluding carboxylic acids is 2. The Morgan fingerprint density at radius 3 is 2.36 bits per heavy atom. The van der Waals surface area contributed by atoms with Crippen LogP contribution in [0.5, 0.6) is 11.5 Å². The van der Waals surface area contributed by atoms with Crippen molar-refractivity contribution in [3.8, 4) is 11.5 Å². The topological polar surface area (TPSA) is 65.1 Å². The highest BCUT2D eigenvalue weighted by Crippen LogP contribution is 2.32. The largest absolute Gasteiger partial charge is 0.485 e. The van der Waals surface area contributed by atoms with Crippen LogP contribution in [0.3, 0.4) is 0 Å². The maximum atomic E-state index is 13.1. The van der Waals surface area contributed by atoms with Gasteiger partial charge in [-0.05, 0) is 31.4 Å². The van der Waals surface area contributed by atoms with Crippen LogP contribution in [0.15, 0.2) is 54.6 Å². The van der Waals surface area contributed by atoms with Crippen molar-refractivity contribution in [2.45, 2.75) is 31.5 Å². The molecule has 0 aromatic heterocycles. The molecule has 2 aromatic rings. The lowest BCUT2D eigenvalue weighted by Crippen LogP contribution is -2.43. The number of nitrogens with zero attached hydrogens (tertiary/aromatic N) is 1. The molecule has 2 heterocycles. The molecule has 2 aliphatic heterocycles. The van der Waals surface area contributed by atoms with Crippen molar-refractivity contribution in [2.75, 3.05) is 19.7 Å². The Morgan fingerprint density at radius 2 is 1.61 bits per heavy atom. The number of ether oxygens (including phenoxy) is 3. The van der Waals surface area contributed by atoms with E-state index in [4.69, 9.17) is 14.2 Å². The lowest BCUT2D eigenvalue weighted by molar-refractivity contribution is -0.169. The van der Waals surface area contributed by atoms with Crippen LogP contribution >= 0.6 is 0 Å². The molecule has 2 atom stereocenters. The zero-order valence-electron chi connectivity index (χ0n) is 15.6. The fourth-order valence-electron chi connectivity index (χ4n) is 3.50. The number of hydrogen-bond donors (Lipinski definition) is 0. The van der Waals surface area contributed by atoms with Crippen LogP contribution in [0.4, 0.5) is 0 Å². The Balaban J connectivity index is 1.51. The first-order valence-corrected chi connectivity index (χ1v) is 9.65. The highest BCUT2D eigenvalue weighted by atomic mass is 16.6. The van der Waals surface area contributed by atoms with E-state index >= 15 is 0 Å². The Hall–Kier alpha value is -3.02. The van der Waals surface area contributed by atoms with Gasteiger partial charge in [-0.25, -0.2) is 4.79 Å². The normalized spacial score (nSPS) is 19.6. The SMILES string of the molecule is O=C(O[C@H](C(=O)N1CCCCC1)c1ccccc1)[C@@H]1COc2ccccc2O1. The number of likely N-dealkylation sites (tertiary alicyclic amines) is 1. The molecule has 1 fully saturated rings. The van der Waals surface area contributed by atoms with Crippen LogP contribution < -0.4 is 9.47 Å². The zero-order valence-corrected chi connectivity index (χ0v) is 15.6. The molecule has 6 nitrogen and oxygen atoms in total. The van der Waals surface area contributed by atoms with E-state index in [-0.39, 0.29) is 12.5 Å². The fourth-order valence-corrected chi connectivity index (χ4v) is 3.50. The van der Waals surface area contributed by atoms with Gasteiger partial charge in [-0.3, -0.25) is 4.79 Å². The Kier molecular flexibility index (Phi) is 5.46. The van der Waals surface area contributed by atoms with E-state index in [2.05, 4.69) is 0 Å². The minimum absolute atomic E-state index is 0.0509. The molecule has 0 bridgehead atoms. The summed E-state index contributed by atoms with van der Waals surface area (Å²) >= 11 is 0. The van der Waals surface area contributed by atoms with Gasteiger partial charge in [0.05, 0.1) is 0 Å².